The van der Waals surface area contributed by atoms with E-state index in [-0.39, 0.29) is 22.9 Å². The molecule has 0 radical (unpaired) electrons. The molecule has 0 saturated carbocycles. The third kappa shape index (κ3) is 3.68. The molecule has 1 aliphatic heterocycles. The SMILES string of the molecule is CC(C)Cc1noc([C@H]2CCCN(C(=O)c3cc4c([nH]c3=O)CCC4)C2)n1. The predicted octanol–water partition coefficient (Wildman–Crippen LogP) is 2.46. The first-order valence-corrected chi connectivity index (χ1v) is 9.88. The first-order valence-electron chi connectivity index (χ1n) is 9.88. The molecule has 1 atom stereocenters. The van der Waals surface area contributed by atoms with E-state index in [9.17, 15) is 9.59 Å². The second-order valence-corrected chi connectivity index (χ2v) is 8.11. The summed E-state index contributed by atoms with van der Waals surface area (Å²) in [5, 5.41) is 4.07. The zero-order valence-electron chi connectivity index (χ0n) is 16.0. The second kappa shape index (κ2) is 7.29. The highest BCUT2D eigenvalue weighted by atomic mass is 16.5. The van der Waals surface area contributed by atoms with Crippen LogP contribution in [0.2, 0.25) is 0 Å². The first kappa shape index (κ1) is 17.9. The van der Waals surface area contributed by atoms with Crippen molar-refractivity contribution >= 4 is 5.91 Å². The molecular weight excluding hydrogens is 344 g/mol. The molecule has 1 fully saturated rings. The Bertz CT molecular complexity index is 899. The van der Waals surface area contributed by atoms with Gasteiger partial charge in [-0.15, -0.1) is 0 Å². The minimum atomic E-state index is -0.278. The average molecular weight is 370 g/mol. The number of nitrogens with one attached hydrogen (secondary N) is 1. The van der Waals surface area contributed by atoms with Gasteiger partial charge >= 0.3 is 0 Å². The molecular formula is C20H26N4O3. The highest BCUT2D eigenvalue weighted by Crippen LogP contribution is 2.27. The van der Waals surface area contributed by atoms with Crippen LogP contribution < -0.4 is 5.56 Å². The van der Waals surface area contributed by atoms with Gasteiger partial charge in [-0.3, -0.25) is 9.59 Å². The van der Waals surface area contributed by atoms with Crippen LogP contribution in [0.4, 0.5) is 0 Å². The summed E-state index contributed by atoms with van der Waals surface area (Å²) >= 11 is 0. The number of carbonyl (C=O) groups is 1. The maximum absolute atomic E-state index is 13.0. The highest BCUT2D eigenvalue weighted by molar-refractivity contribution is 5.94. The van der Waals surface area contributed by atoms with Gasteiger partial charge in [0.05, 0.1) is 5.92 Å². The van der Waals surface area contributed by atoms with Crippen molar-refractivity contribution in [2.75, 3.05) is 13.1 Å². The monoisotopic (exact) mass is 370 g/mol. The van der Waals surface area contributed by atoms with Gasteiger partial charge in [-0.1, -0.05) is 19.0 Å². The molecule has 2 aliphatic rings. The lowest BCUT2D eigenvalue weighted by molar-refractivity contribution is 0.0693. The summed E-state index contributed by atoms with van der Waals surface area (Å²) in [6, 6.07) is 1.79. The largest absolute Gasteiger partial charge is 0.339 e. The van der Waals surface area contributed by atoms with Gasteiger partial charge < -0.3 is 14.4 Å². The van der Waals surface area contributed by atoms with Crippen molar-refractivity contribution in [3.63, 3.8) is 0 Å². The van der Waals surface area contributed by atoms with Crippen LogP contribution in [0, 0.1) is 5.92 Å². The molecule has 0 aromatic carbocycles. The number of fused-ring (bicyclic) bond motifs is 1. The second-order valence-electron chi connectivity index (χ2n) is 8.11. The number of aromatic nitrogens is 3. The number of piperidine rings is 1. The van der Waals surface area contributed by atoms with Crippen molar-refractivity contribution in [2.45, 2.75) is 58.3 Å². The lowest BCUT2D eigenvalue weighted by Crippen LogP contribution is -2.41. The lowest BCUT2D eigenvalue weighted by Gasteiger charge is -2.31. The van der Waals surface area contributed by atoms with Crippen molar-refractivity contribution in [3.05, 3.63) is 45.0 Å². The number of hydrogen-bond donors (Lipinski definition) is 1. The molecule has 1 aliphatic carbocycles. The summed E-state index contributed by atoms with van der Waals surface area (Å²) in [6.07, 6.45) is 5.40. The number of aryl methyl sites for hydroxylation is 2. The average Bonchev–Trinajstić information content (AvgIpc) is 3.29. The van der Waals surface area contributed by atoms with E-state index in [0.717, 1.165) is 55.6 Å². The van der Waals surface area contributed by atoms with Gasteiger partial charge in [0.2, 0.25) is 5.89 Å². The van der Waals surface area contributed by atoms with Crippen LogP contribution in [-0.4, -0.2) is 39.0 Å². The fourth-order valence-corrected chi connectivity index (χ4v) is 4.09. The zero-order chi connectivity index (χ0) is 19.0. The summed E-state index contributed by atoms with van der Waals surface area (Å²) in [7, 11) is 0. The van der Waals surface area contributed by atoms with E-state index < -0.39 is 0 Å². The maximum atomic E-state index is 13.0. The number of H-pyrrole nitrogens is 1. The van der Waals surface area contributed by atoms with Gasteiger partial charge in [0, 0.05) is 25.2 Å². The minimum Gasteiger partial charge on any atom is -0.339 e. The Labute approximate surface area is 158 Å². The van der Waals surface area contributed by atoms with Gasteiger partial charge in [0.15, 0.2) is 5.82 Å². The van der Waals surface area contributed by atoms with E-state index in [1.54, 1.807) is 11.0 Å². The molecule has 27 heavy (non-hydrogen) atoms. The van der Waals surface area contributed by atoms with Crippen LogP contribution in [0.15, 0.2) is 15.4 Å². The molecule has 144 valence electrons. The third-order valence-corrected chi connectivity index (χ3v) is 5.45. The molecule has 7 heteroatoms. The number of hydrogen-bond acceptors (Lipinski definition) is 5. The molecule has 2 aromatic rings. The molecule has 2 aromatic heterocycles. The van der Waals surface area contributed by atoms with E-state index >= 15 is 0 Å². The van der Waals surface area contributed by atoms with Gasteiger partial charge in [0.1, 0.15) is 5.56 Å². The molecule has 3 heterocycles. The molecule has 0 unspecified atom stereocenters. The molecule has 1 saturated heterocycles. The molecule has 1 N–H and O–H groups in total. The number of nitrogens with zero attached hydrogens (tertiary/aromatic N) is 3. The van der Waals surface area contributed by atoms with Gasteiger partial charge in [-0.05, 0) is 49.7 Å². The summed E-state index contributed by atoms with van der Waals surface area (Å²) < 4.78 is 5.46. The van der Waals surface area contributed by atoms with Crippen LogP contribution in [0.3, 0.4) is 0 Å². The van der Waals surface area contributed by atoms with Crippen LogP contribution in [0.1, 0.15) is 72.4 Å². The van der Waals surface area contributed by atoms with Crippen molar-refractivity contribution < 1.29 is 9.32 Å². The third-order valence-electron chi connectivity index (χ3n) is 5.45. The summed E-state index contributed by atoms with van der Waals surface area (Å²) in [6.45, 7) is 5.40. The van der Waals surface area contributed by atoms with Crippen LogP contribution >= 0.6 is 0 Å². The molecule has 1 amide bonds. The Kier molecular flexibility index (Phi) is 4.85. The Balaban J connectivity index is 1.50. The summed E-state index contributed by atoms with van der Waals surface area (Å²) in [4.78, 5) is 34.5. The molecule has 4 rings (SSSR count). The van der Waals surface area contributed by atoms with E-state index in [4.69, 9.17) is 4.52 Å². The number of rotatable bonds is 4. The summed E-state index contributed by atoms with van der Waals surface area (Å²) in [5.41, 5.74) is 2.06. The fraction of sp³-hybridized carbons (Fsp3) is 0.600. The lowest BCUT2D eigenvalue weighted by atomic mass is 9.97. The highest BCUT2D eigenvalue weighted by Gasteiger charge is 2.30. The standard InChI is InChI=1S/C20H26N4O3/c1-12(2)9-17-22-19(27-23-17)14-6-4-8-24(11-14)20(26)15-10-13-5-3-7-16(13)21-18(15)25/h10,12,14H,3-9,11H2,1-2H3,(H,21,25)/t14-/m0/s1. The van der Waals surface area contributed by atoms with Gasteiger partial charge in [-0.25, -0.2) is 0 Å². The zero-order valence-corrected chi connectivity index (χ0v) is 16.0. The van der Waals surface area contributed by atoms with E-state index in [1.165, 1.54) is 0 Å². The normalized spacial score (nSPS) is 19.5. The van der Waals surface area contributed by atoms with E-state index in [1.807, 2.05) is 0 Å². The number of aromatic amines is 1. The Hall–Kier alpha value is -2.44. The van der Waals surface area contributed by atoms with E-state index in [2.05, 4.69) is 29.0 Å². The number of amides is 1. The van der Waals surface area contributed by atoms with Crippen LogP contribution in [0.5, 0.6) is 0 Å². The van der Waals surface area contributed by atoms with Gasteiger partial charge in [-0.2, -0.15) is 4.98 Å². The first-order chi connectivity index (χ1) is 13.0. The van der Waals surface area contributed by atoms with Crippen molar-refractivity contribution in [2.24, 2.45) is 5.92 Å². The van der Waals surface area contributed by atoms with Crippen LogP contribution in [-0.2, 0) is 19.3 Å². The van der Waals surface area contributed by atoms with Crippen LogP contribution in [0.25, 0.3) is 0 Å². The van der Waals surface area contributed by atoms with E-state index in [0.29, 0.717) is 24.9 Å². The Morgan fingerprint density at radius 1 is 1.37 bits per heavy atom. The Morgan fingerprint density at radius 2 is 2.22 bits per heavy atom. The quantitative estimate of drug-likeness (QED) is 0.892. The topological polar surface area (TPSA) is 92.1 Å². The molecule has 7 nitrogen and oxygen atoms in total. The maximum Gasteiger partial charge on any atom is 0.261 e. The summed E-state index contributed by atoms with van der Waals surface area (Å²) in [5.74, 6) is 1.62. The number of pyridine rings is 1. The fourth-order valence-electron chi connectivity index (χ4n) is 4.09. The molecule has 0 spiro atoms. The molecule has 0 bridgehead atoms. The van der Waals surface area contributed by atoms with Crippen molar-refractivity contribution in [3.8, 4) is 0 Å². The smallest absolute Gasteiger partial charge is 0.261 e. The number of likely N-dealkylation sites (tertiary alicyclic amines) is 1. The van der Waals surface area contributed by atoms with Crippen molar-refractivity contribution in [1.82, 2.24) is 20.0 Å². The Morgan fingerprint density at radius 3 is 3.04 bits per heavy atom. The van der Waals surface area contributed by atoms with Crippen molar-refractivity contribution in [1.29, 1.82) is 0 Å². The number of carbonyl (C=O) groups excluding carboxylic acids is 1. The predicted molar refractivity (Wildman–Crippen MR) is 99.8 cm³/mol. The minimum absolute atomic E-state index is 0.0321. The van der Waals surface area contributed by atoms with Gasteiger partial charge in [0.25, 0.3) is 11.5 Å².